The molecule has 0 aromatic heterocycles. The Morgan fingerprint density at radius 2 is 1.36 bits per heavy atom. The molecule has 1 unspecified atom stereocenters. The minimum Gasteiger partial charge on any atom is -0.396 e. The lowest BCUT2D eigenvalue weighted by atomic mass is 10.00. The van der Waals surface area contributed by atoms with Gasteiger partial charge >= 0.3 is 0 Å². The summed E-state index contributed by atoms with van der Waals surface area (Å²) in [6.07, 6.45) is 0.792. The fourth-order valence-electron chi connectivity index (χ4n) is 0.893. The molecule has 0 spiro atoms. The summed E-state index contributed by atoms with van der Waals surface area (Å²) in [4.78, 5) is 0. The van der Waals surface area contributed by atoms with Gasteiger partial charge in [-0.25, -0.2) is 0 Å². The molecule has 2 nitrogen and oxygen atoms in total. The van der Waals surface area contributed by atoms with E-state index in [1.165, 1.54) is 0 Å². The molecule has 88 valence electrons. The molecule has 0 aromatic carbocycles. The van der Waals surface area contributed by atoms with Crippen molar-refractivity contribution in [3.05, 3.63) is 0 Å². The van der Waals surface area contributed by atoms with Crippen LogP contribution in [0.1, 0.15) is 48.0 Å². The smallest absolute Gasteiger partial charge is 0.0514 e. The van der Waals surface area contributed by atoms with Crippen molar-refractivity contribution in [1.82, 2.24) is 0 Å². The summed E-state index contributed by atoms with van der Waals surface area (Å²) < 4.78 is 0. The van der Waals surface area contributed by atoms with E-state index in [0.717, 1.165) is 6.42 Å². The molecule has 0 heterocycles. The maximum atomic E-state index is 8.72. The van der Waals surface area contributed by atoms with E-state index < -0.39 is 0 Å². The van der Waals surface area contributed by atoms with Crippen LogP contribution in [0.2, 0.25) is 0 Å². The van der Waals surface area contributed by atoms with E-state index in [9.17, 15) is 0 Å². The Hall–Kier alpha value is -0.0800. The van der Waals surface area contributed by atoms with Gasteiger partial charge in [-0.1, -0.05) is 34.6 Å². The van der Waals surface area contributed by atoms with Gasteiger partial charge in [-0.15, -0.1) is 0 Å². The fraction of sp³-hybridized carbons (Fsp3) is 1.00. The van der Waals surface area contributed by atoms with Gasteiger partial charge in [0.15, 0.2) is 0 Å². The third-order valence-corrected chi connectivity index (χ3v) is 2.24. The third kappa shape index (κ3) is 14.4. The second-order valence-electron chi connectivity index (χ2n) is 4.88. The number of hydrogen-bond acceptors (Lipinski definition) is 2. The van der Waals surface area contributed by atoms with Crippen molar-refractivity contribution in [2.24, 2.45) is 17.8 Å². The van der Waals surface area contributed by atoms with Gasteiger partial charge in [-0.05, 0) is 31.1 Å². The fourth-order valence-corrected chi connectivity index (χ4v) is 0.893. The quantitative estimate of drug-likeness (QED) is 0.739. The van der Waals surface area contributed by atoms with Gasteiger partial charge in [0.05, 0.1) is 6.10 Å². The highest BCUT2D eigenvalue weighted by atomic mass is 16.3. The van der Waals surface area contributed by atoms with Crippen molar-refractivity contribution < 1.29 is 10.2 Å². The van der Waals surface area contributed by atoms with Gasteiger partial charge in [0.25, 0.3) is 0 Å². The molecule has 0 bridgehead atoms. The van der Waals surface area contributed by atoms with Crippen LogP contribution in [0.4, 0.5) is 0 Å². The molecule has 0 fully saturated rings. The highest BCUT2D eigenvalue weighted by Crippen LogP contribution is 2.06. The summed E-state index contributed by atoms with van der Waals surface area (Å²) >= 11 is 0. The second-order valence-corrected chi connectivity index (χ2v) is 4.88. The predicted octanol–water partition coefficient (Wildman–Crippen LogP) is 2.68. The van der Waals surface area contributed by atoms with Crippen molar-refractivity contribution in [3.63, 3.8) is 0 Å². The van der Waals surface area contributed by atoms with Gasteiger partial charge in [0, 0.05) is 6.61 Å². The summed E-state index contributed by atoms with van der Waals surface area (Å²) in [7, 11) is 0. The highest BCUT2D eigenvalue weighted by Gasteiger charge is 2.02. The Bertz CT molecular complexity index is 103. The molecule has 0 saturated carbocycles. The number of rotatable bonds is 4. The van der Waals surface area contributed by atoms with Gasteiger partial charge in [0.2, 0.25) is 0 Å². The van der Waals surface area contributed by atoms with E-state index in [-0.39, 0.29) is 6.10 Å². The van der Waals surface area contributed by atoms with E-state index >= 15 is 0 Å². The Kier molecular flexibility index (Phi) is 11.1. The Balaban J connectivity index is 0. The predicted molar refractivity (Wildman–Crippen MR) is 62.2 cm³/mol. The molecular formula is C12H28O2. The first-order chi connectivity index (χ1) is 6.31. The molecule has 14 heavy (non-hydrogen) atoms. The minimum absolute atomic E-state index is 0.125. The summed E-state index contributed by atoms with van der Waals surface area (Å²) in [5.74, 6) is 1.70. The van der Waals surface area contributed by atoms with Crippen molar-refractivity contribution in [1.29, 1.82) is 0 Å². The molecule has 0 aliphatic carbocycles. The molecule has 0 aromatic rings. The average Bonchev–Trinajstić information content (AvgIpc) is 2.01. The normalized spacial score (nSPS) is 15.0. The van der Waals surface area contributed by atoms with Crippen molar-refractivity contribution in [2.75, 3.05) is 6.61 Å². The molecule has 0 aliphatic heterocycles. The molecule has 2 atom stereocenters. The lowest BCUT2D eigenvalue weighted by Crippen LogP contribution is -2.07. The molecule has 2 N–H and O–H groups in total. The SMILES string of the molecule is CC(C)C(C)CO.CC(C)C[C@@H](C)O. The van der Waals surface area contributed by atoms with Crippen molar-refractivity contribution >= 4 is 0 Å². The van der Waals surface area contributed by atoms with Crippen LogP contribution in [-0.4, -0.2) is 22.9 Å². The lowest BCUT2D eigenvalue weighted by Gasteiger charge is -2.09. The van der Waals surface area contributed by atoms with E-state index in [2.05, 4.69) is 27.7 Å². The Morgan fingerprint density at radius 1 is 0.929 bits per heavy atom. The molecule has 0 amide bonds. The molecule has 2 heteroatoms. The maximum absolute atomic E-state index is 8.72. The van der Waals surface area contributed by atoms with Crippen molar-refractivity contribution in [3.8, 4) is 0 Å². The molecule has 0 radical (unpaired) electrons. The van der Waals surface area contributed by atoms with Crippen LogP contribution in [0.15, 0.2) is 0 Å². The minimum atomic E-state index is -0.125. The average molecular weight is 204 g/mol. The van der Waals surface area contributed by atoms with Crippen LogP contribution in [0.3, 0.4) is 0 Å². The molecule has 0 aliphatic rings. The highest BCUT2D eigenvalue weighted by molar-refractivity contribution is 4.52. The van der Waals surface area contributed by atoms with Gasteiger partial charge < -0.3 is 10.2 Å². The van der Waals surface area contributed by atoms with Gasteiger partial charge in [0.1, 0.15) is 0 Å². The van der Waals surface area contributed by atoms with Gasteiger partial charge in [-0.3, -0.25) is 0 Å². The molecular weight excluding hydrogens is 176 g/mol. The Labute approximate surface area is 89.3 Å². The van der Waals surface area contributed by atoms with Crippen LogP contribution in [0, 0.1) is 17.8 Å². The standard InChI is InChI=1S/2C6H14O/c1-5(2)6(3)4-7;1-5(2)4-6(3)7/h2*5-7H,4H2,1-3H3/t;6-/m.1/s1. The van der Waals surface area contributed by atoms with Crippen LogP contribution in [0.25, 0.3) is 0 Å². The molecule has 0 saturated heterocycles. The number of aliphatic hydroxyl groups is 2. The monoisotopic (exact) mass is 204 g/mol. The topological polar surface area (TPSA) is 40.5 Å². The zero-order chi connectivity index (χ0) is 11.7. The largest absolute Gasteiger partial charge is 0.396 e. The van der Waals surface area contributed by atoms with Crippen LogP contribution in [-0.2, 0) is 0 Å². The Morgan fingerprint density at radius 3 is 1.36 bits per heavy atom. The summed E-state index contributed by atoms with van der Waals surface area (Å²) in [5.41, 5.74) is 0. The second kappa shape index (κ2) is 9.47. The van der Waals surface area contributed by atoms with Crippen LogP contribution < -0.4 is 0 Å². The number of aliphatic hydroxyl groups excluding tert-OH is 2. The first-order valence-corrected chi connectivity index (χ1v) is 5.60. The van der Waals surface area contributed by atoms with E-state index in [1.54, 1.807) is 0 Å². The third-order valence-electron chi connectivity index (χ3n) is 2.24. The molecule has 0 rings (SSSR count). The summed E-state index contributed by atoms with van der Waals surface area (Å²) in [6, 6.07) is 0. The first kappa shape index (κ1) is 16.4. The maximum Gasteiger partial charge on any atom is 0.0514 e. The zero-order valence-electron chi connectivity index (χ0n) is 10.6. The van der Waals surface area contributed by atoms with Crippen LogP contribution >= 0.6 is 0 Å². The van der Waals surface area contributed by atoms with Crippen LogP contribution in [0.5, 0.6) is 0 Å². The van der Waals surface area contributed by atoms with E-state index in [0.29, 0.717) is 24.4 Å². The van der Waals surface area contributed by atoms with E-state index in [1.807, 2.05) is 13.8 Å². The van der Waals surface area contributed by atoms with Crippen molar-refractivity contribution in [2.45, 2.75) is 54.1 Å². The van der Waals surface area contributed by atoms with Gasteiger partial charge in [-0.2, -0.15) is 0 Å². The first-order valence-electron chi connectivity index (χ1n) is 5.60. The zero-order valence-corrected chi connectivity index (χ0v) is 10.6. The summed E-state index contributed by atoms with van der Waals surface area (Å²) in [6.45, 7) is 12.6. The lowest BCUT2D eigenvalue weighted by molar-refractivity contribution is 0.168. The summed E-state index contributed by atoms with van der Waals surface area (Å²) in [5, 5.41) is 17.2. The van der Waals surface area contributed by atoms with E-state index in [4.69, 9.17) is 10.2 Å². The number of hydrogen-bond donors (Lipinski definition) is 2.